The first-order valence-corrected chi connectivity index (χ1v) is 8.47. The third-order valence-corrected chi connectivity index (χ3v) is 3.23. The fraction of sp³-hybridized carbons (Fsp3) is 0.188. The van der Waals surface area contributed by atoms with Gasteiger partial charge in [0, 0.05) is 32.8 Å². The summed E-state index contributed by atoms with van der Waals surface area (Å²) in [5.41, 5.74) is 8.63. The minimum atomic E-state index is -4.94. The average Bonchev–Trinajstić information content (AvgIpc) is 2.52. The fourth-order valence-corrected chi connectivity index (χ4v) is 1.95. The lowest BCUT2D eigenvalue weighted by molar-refractivity contribution is -2.00. The van der Waals surface area contributed by atoms with Crippen molar-refractivity contribution in [3.05, 3.63) is 59.4 Å². The summed E-state index contributed by atoms with van der Waals surface area (Å²) in [4.78, 5) is 13.3. The Balaban J connectivity index is 0.000000597. The zero-order valence-electron chi connectivity index (χ0n) is 14.5. The van der Waals surface area contributed by atoms with Gasteiger partial charge in [-0.3, -0.25) is 4.79 Å². The molecule has 0 bridgehead atoms. The SMILES string of the molecule is Cc1c(C(N)=O)ccc[n+]1N=Cc1ccc(N(C)C)cc1.[O-][Cl+3]([O-])([O-])[O-]. The van der Waals surface area contributed by atoms with E-state index in [0.717, 1.165) is 11.3 Å². The zero-order valence-corrected chi connectivity index (χ0v) is 15.2. The second kappa shape index (κ2) is 9.22. The molecule has 0 spiro atoms. The van der Waals surface area contributed by atoms with Crippen LogP contribution in [-0.2, 0) is 0 Å². The van der Waals surface area contributed by atoms with Crippen LogP contribution in [0.15, 0.2) is 47.7 Å². The van der Waals surface area contributed by atoms with Crippen LogP contribution in [0.2, 0.25) is 0 Å². The summed E-state index contributed by atoms with van der Waals surface area (Å²) in [5.74, 6) is -0.451. The lowest BCUT2D eigenvalue weighted by Gasteiger charge is -2.17. The zero-order chi connectivity index (χ0) is 19.9. The van der Waals surface area contributed by atoms with Crippen LogP contribution >= 0.6 is 0 Å². The molecule has 0 aliphatic carbocycles. The molecule has 0 aliphatic rings. The molecule has 2 aromatic rings. The molecular weight excluding hydrogens is 364 g/mol. The summed E-state index contributed by atoms with van der Waals surface area (Å²) in [5, 5.41) is 4.36. The first-order valence-electron chi connectivity index (χ1n) is 7.23. The Bertz CT molecular complexity index is 767. The van der Waals surface area contributed by atoms with Crippen molar-refractivity contribution >= 4 is 17.8 Å². The van der Waals surface area contributed by atoms with Crippen molar-refractivity contribution < 1.29 is 38.3 Å². The number of nitrogens with two attached hydrogens (primary N) is 1. The standard InChI is InChI=1S/C16H18N4O.ClHO4/c1-12-15(16(17)21)5-4-10-20(12)18-11-13-6-8-14(9-7-13)19(2)3;2-1(3,4)5/h4-11H,1-3H3,(H-,17,21);(H,2,3,4,5). The van der Waals surface area contributed by atoms with Crippen molar-refractivity contribution in [2.75, 3.05) is 19.0 Å². The Morgan fingerprint density at radius 3 is 2.15 bits per heavy atom. The Hall–Kier alpha value is -2.56. The second-order valence-corrected chi connectivity index (χ2v) is 6.08. The highest BCUT2D eigenvalue weighted by Gasteiger charge is 2.14. The molecule has 0 radical (unpaired) electrons. The highest BCUT2D eigenvalue weighted by atomic mass is 35.7. The Labute approximate surface area is 153 Å². The van der Waals surface area contributed by atoms with Crippen LogP contribution in [0.5, 0.6) is 0 Å². The van der Waals surface area contributed by atoms with Gasteiger partial charge < -0.3 is 10.6 Å². The van der Waals surface area contributed by atoms with E-state index in [1.54, 1.807) is 29.2 Å². The van der Waals surface area contributed by atoms with Gasteiger partial charge in [0.25, 0.3) is 5.91 Å². The van der Waals surface area contributed by atoms with E-state index in [0.29, 0.717) is 11.3 Å². The lowest BCUT2D eigenvalue weighted by Crippen LogP contribution is -2.68. The topological polar surface area (TPSA) is 155 Å². The molecule has 0 aliphatic heterocycles. The molecule has 9 nitrogen and oxygen atoms in total. The van der Waals surface area contributed by atoms with Crippen LogP contribution < -0.4 is 33.9 Å². The quantitative estimate of drug-likeness (QED) is 0.428. The maximum atomic E-state index is 11.3. The molecule has 1 aromatic carbocycles. The van der Waals surface area contributed by atoms with Crippen LogP contribution in [0.3, 0.4) is 0 Å². The summed E-state index contributed by atoms with van der Waals surface area (Å²) < 4.78 is 35.6. The van der Waals surface area contributed by atoms with E-state index in [9.17, 15) is 4.79 Å². The van der Waals surface area contributed by atoms with Crippen molar-refractivity contribution in [1.82, 2.24) is 0 Å². The number of halogens is 1. The van der Waals surface area contributed by atoms with Crippen molar-refractivity contribution in [2.45, 2.75) is 6.92 Å². The first-order chi connectivity index (χ1) is 12.0. The maximum absolute atomic E-state index is 11.3. The molecule has 0 atom stereocenters. The molecule has 10 heteroatoms. The Morgan fingerprint density at radius 2 is 1.69 bits per heavy atom. The smallest absolute Gasteiger partial charge is 0.255 e. The normalized spacial score (nSPS) is 11.0. The molecule has 26 heavy (non-hydrogen) atoms. The van der Waals surface area contributed by atoms with Gasteiger partial charge in [0.1, 0.15) is 11.8 Å². The van der Waals surface area contributed by atoms with Crippen molar-refractivity contribution in [3.63, 3.8) is 0 Å². The Morgan fingerprint density at radius 1 is 1.15 bits per heavy atom. The van der Waals surface area contributed by atoms with Gasteiger partial charge in [-0.15, -0.1) is 10.2 Å². The number of aromatic nitrogens is 1. The number of hydrogen-bond donors (Lipinski definition) is 1. The first kappa shape index (κ1) is 21.5. The third kappa shape index (κ3) is 7.55. The summed E-state index contributed by atoms with van der Waals surface area (Å²) in [6.45, 7) is 1.81. The number of hydrogen-bond acceptors (Lipinski definition) is 7. The molecule has 140 valence electrons. The molecule has 1 aromatic heterocycles. The number of benzene rings is 1. The van der Waals surface area contributed by atoms with E-state index in [1.807, 2.05) is 50.2 Å². The largest absolute Gasteiger partial charge is 0.378 e. The molecule has 1 heterocycles. The molecule has 2 N–H and O–H groups in total. The molecule has 2 rings (SSSR count). The van der Waals surface area contributed by atoms with Gasteiger partial charge >= 0.3 is 0 Å². The van der Waals surface area contributed by atoms with Crippen LogP contribution in [0, 0.1) is 17.2 Å². The van der Waals surface area contributed by atoms with E-state index in [-0.39, 0.29) is 0 Å². The highest BCUT2D eigenvalue weighted by Crippen LogP contribution is 2.10. The number of carbonyl (C=O) groups is 1. The predicted octanol–water partition coefficient (Wildman–Crippen LogP) is -3.43. The van der Waals surface area contributed by atoms with E-state index in [2.05, 4.69) is 5.10 Å². The number of primary amides is 1. The number of pyridine rings is 1. The van der Waals surface area contributed by atoms with E-state index < -0.39 is 16.2 Å². The van der Waals surface area contributed by atoms with E-state index >= 15 is 0 Å². The summed E-state index contributed by atoms with van der Waals surface area (Å²) in [7, 11) is -0.949. The van der Waals surface area contributed by atoms with Gasteiger partial charge in [0.05, 0.1) is 0 Å². The van der Waals surface area contributed by atoms with Gasteiger partial charge in [-0.05, 0) is 28.9 Å². The Kier molecular flexibility index (Phi) is 7.62. The maximum Gasteiger partial charge on any atom is 0.255 e. The third-order valence-electron chi connectivity index (χ3n) is 3.23. The second-order valence-electron chi connectivity index (χ2n) is 5.32. The monoisotopic (exact) mass is 382 g/mol. The van der Waals surface area contributed by atoms with Crippen LogP contribution in [0.1, 0.15) is 21.6 Å². The molecule has 1 amide bonds. The molecule has 0 saturated heterocycles. The van der Waals surface area contributed by atoms with Gasteiger partial charge in [0.2, 0.25) is 11.9 Å². The molecular formula is C16H19ClN4O5. The van der Waals surface area contributed by atoms with Crippen molar-refractivity contribution in [3.8, 4) is 0 Å². The number of anilines is 1. The average molecular weight is 383 g/mol. The summed E-state index contributed by atoms with van der Waals surface area (Å²) >= 11 is 0. The molecule has 0 saturated carbocycles. The van der Waals surface area contributed by atoms with Gasteiger partial charge in [0.15, 0.2) is 0 Å². The number of nitrogens with zero attached hydrogens (tertiary/aromatic N) is 3. The minimum Gasteiger partial charge on any atom is -0.378 e. The van der Waals surface area contributed by atoms with Crippen molar-refractivity contribution in [2.24, 2.45) is 10.8 Å². The fourth-order valence-electron chi connectivity index (χ4n) is 1.95. The van der Waals surface area contributed by atoms with E-state index in [4.69, 9.17) is 24.4 Å². The predicted molar refractivity (Wildman–Crippen MR) is 83.7 cm³/mol. The summed E-state index contributed by atoms with van der Waals surface area (Å²) in [6, 6.07) is 11.5. The van der Waals surface area contributed by atoms with Crippen LogP contribution in [0.4, 0.5) is 5.69 Å². The van der Waals surface area contributed by atoms with Crippen LogP contribution in [-0.4, -0.2) is 26.2 Å². The molecule has 0 unspecified atom stereocenters. The minimum absolute atomic E-state index is 0.451. The number of amides is 1. The van der Waals surface area contributed by atoms with E-state index in [1.165, 1.54) is 0 Å². The van der Waals surface area contributed by atoms with Gasteiger partial charge in [-0.1, -0.05) is 16.8 Å². The highest BCUT2D eigenvalue weighted by molar-refractivity contribution is 5.93. The van der Waals surface area contributed by atoms with Crippen molar-refractivity contribution in [1.29, 1.82) is 0 Å². The van der Waals surface area contributed by atoms with Crippen LogP contribution in [0.25, 0.3) is 0 Å². The lowest BCUT2D eigenvalue weighted by atomic mass is 10.2. The molecule has 0 fully saturated rings. The van der Waals surface area contributed by atoms with Gasteiger partial charge in [-0.25, -0.2) is 18.6 Å². The number of rotatable bonds is 4. The number of carbonyl (C=O) groups excluding carboxylic acids is 1. The summed E-state index contributed by atoms with van der Waals surface area (Å²) in [6.07, 6.45) is 3.53. The van der Waals surface area contributed by atoms with Gasteiger partial charge in [-0.2, -0.15) is 0 Å².